The van der Waals surface area contributed by atoms with Crippen molar-refractivity contribution in [3.8, 4) is 11.5 Å². The fraction of sp³-hybridized carbons (Fsp3) is 0.0833. The first-order chi connectivity index (χ1) is 10.1. The second-order valence-corrected chi connectivity index (χ2v) is 4.71. The van der Waals surface area contributed by atoms with Gasteiger partial charge in [-0.15, -0.1) is 0 Å². The van der Waals surface area contributed by atoms with Crippen LogP contribution in [-0.2, 0) is 6.54 Å². The summed E-state index contributed by atoms with van der Waals surface area (Å²) < 4.78 is 1.62. The highest BCUT2D eigenvalue weighted by Gasteiger charge is 2.20. The van der Waals surface area contributed by atoms with Crippen LogP contribution >= 0.6 is 11.6 Å². The van der Waals surface area contributed by atoms with Gasteiger partial charge < -0.3 is 10.3 Å². The van der Waals surface area contributed by atoms with E-state index in [-0.39, 0.29) is 18.1 Å². The SMILES string of the molecule is Nc1ncn(Cc2c(Cl)cccc2[N+](=O)[O-])c2ncnc1-2. The highest BCUT2D eigenvalue weighted by molar-refractivity contribution is 6.31. The molecule has 0 saturated heterocycles. The fourth-order valence-corrected chi connectivity index (χ4v) is 2.29. The van der Waals surface area contributed by atoms with Crippen molar-refractivity contribution in [1.82, 2.24) is 19.5 Å². The Hall–Kier alpha value is -2.74. The highest BCUT2D eigenvalue weighted by Crippen LogP contribution is 2.29. The Morgan fingerprint density at radius 3 is 2.90 bits per heavy atom. The number of benzene rings is 1. The lowest BCUT2D eigenvalue weighted by Gasteiger charge is -2.12. The molecule has 2 heterocycles. The van der Waals surface area contributed by atoms with Gasteiger partial charge in [0.2, 0.25) is 0 Å². The third-order valence-corrected chi connectivity index (χ3v) is 3.40. The number of imidazole rings is 1. The summed E-state index contributed by atoms with van der Waals surface area (Å²) in [5.74, 6) is 0.754. The van der Waals surface area contributed by atoms with E-state index in [0.717, 1.165) is 0 Å². The number of halogens is 1. The molecule has 2 aliphatic heterocycles. The monoisotopic (exact) mass is 304 g/mol. The van der Waals surface area contributed by atoms with Crippen molar-refractivity contribution in [1.29, 1.82) is 0 Å². The van der Waals surface area contributed by atoms with Gasteiger partial charge in [-0.2, -0.15) is 0 Å². The van der Waals surface area contributed by atoms with Crippen molar-refractivity contribution in [2.24, 2.45) is 0 Å². The molecule has 106 valence electrons. The number of nitrogen functional groups attached to an aromatic ring is 1. The number of fused-ring (bicyclic) bond motifs is 1. The van der Waals surface area contributed by atoms with Crippen LogP contribution in [0.3, 0.4) is 0 Å². The molecule has 0 radical (unpaired) electrons. The van der Waals surface area contributed by atoms with Crippen molar-refractivity contribution in [2.45, 2.75) is 6.54 Å². The van der Waals surface area contributed by atoms with Crippen LogP contribution in [0, 0.1) is 10.1 Å². The van der Waals surface area contributed by atoms with E-state index in [1.54, 1.807) is 10.6 Å². The van der Waals surface area contributed by atoms with Gasteiger partial charge in [0.15, 0.2) is 11.6 Å². The number of hydrogen-bond acceptors (Lipinski definition) is 6. The topological polar surface area (TPSA) is 113 Å². The zero-order chi connectivity index (χ0) is 15.0. The van der Waals surface area contributed by atoms with E-state index in [4.69, 9.17) is 17.3 Å². The molecular formula is C12H9ClN6O2. The van der Waals surface area contributed by atoms with Crippen LogP contribution < -0.4 is 5.73 Å². The van der Waals surface area contributed by atoms with Crippen molar-refractivity contribution in [3.63, 3.8) is 0 Å². The molecule has 0 fully saturated rings. The standard InChI is InChI=1S/C12H9ClN6O2/c13-8-2-1-3-9(19(20)21)7(8)4-18-6-17-11(14)10-12(18)16-5-15-10/h1-3,5-6H,4,14H2. The van der Waals surface area contributed by atoms with Crippen LogP contribution in [0.15, 0.2) is 30.9 Å². The van der Waals surface area contributed by atoms with E-state index in [1.807, 2.05) is 0 Å². The average Bonchev–Trinajstić information content (AvgIpc) is 2.94. The van der Waals surface area contributed by atoms with E-state index in [0.29, 0.717) is 22.1 Å². The molecule has 0 aromatic heterocycles. The maximum Gasteiger partial charge on any atom is 0.275 e. The van der Waals surface area contributed by atoms with Gasteiger partial charge in [0.05, 0.1) is 28.4 Å². The summed E-state index contributed by atoms with van der Waals surface area (Å²) in [6.45, 7) is 0.151. The van der Waals surface area contributed by atoms with Gasteiger partial charge in [-0.1, -0.05) is 17.7 Å². The first-order valence-electron chi connectivity index (χ1n) is 5.91. The van der Waals surface area contributed by atoms with Crippen molar-refractivity contribution in [2.75, 3.05) is 5.73 Å². The Labute approximate surface area is 123 Å². The molecule has 2 aliphatic rings. The van der Waals surface area contributed by atoms with Crippen LogP contribution in [0.4, 0.5) is 11.5 Å². The molecule has 0 amide bonds. The first kappa shape index (κ1) is 13.3. The smallest absolute Gasteiger partial charge is 0.275 e. The minimum absolute atomic E-state index is 0.0560. The summed E-state index contributed by atoms with van der Waals surface area (Å²) in [7, 11) is 0. The lowest BCUT2D eigenvalue weighted by molar-refractivity contribution is -0.385. The number of aromatic nitrogens is 4. The van der Waals surface area contributed by atoms with Gasteiger partial charge in [-0.25, -0.2) is 15.0 Å². The highest BCUT2D eigenvalue weighted by atomic mass is 35.5. The molecule has 1 aromatic rings. The van der Waals surface area contributed by atoms with Gasteiger partial charge in [0.1, 0.15) is 12.0 Å². The Balaban J connectivity index is 2.10. The third kappa shape index (κ3) is 2.25. The van der Waals surface area contributed by atoms with Gasteiger partial charge in [-0.05, 0) is 6.07 Å². The molecule has 2 N–H and O–H groups in total. The quantitative estimate of drug-likeness (QED) is 0.584. The molecular weight excluding hydrogens is 296 g/mol. The van der Waals surface area contributed by atoms with Crippen LogP contribution in [0.5, 0.6) is 0 Å². The summed E-state index contributed by atoms with van der Waals surface area (Å²) >= 11 is 6.08. The van der Waals surface area contributed by atoms with Gasteiger partial charge in [0, 0.05) is 6.07 Å². The van der Waals surface area contributed by atoms with Crippen LogP contribution in [0.25, 0.3) is 11.5 Å². The number of nitro groups is 1. The Kier molecular flexibility index (Phi) is 3.15. The number of nitrogens with zero attached hydrogens (tertiary/aromatic N) is 5. The Bertz CT molecular complexity index is 802. The molecule has 9 heteroatoms. The molecule has 8 nitrogen and oxygen atoms in total. The minimum atomic E-state index is -0.472. The van der Waals surface area contributed by atoms with Crippen molar-refractivity contribution >= 4 is 23.1 Å². The van der Waals surface area contributed by atoms with E-state index >= 15 is 0 Å². The summed E-state index contributed by atoms with van der Waals surface area (Å²) in [5.41, 5.74) is 6.48. The summed E-state index contributed by atoms with van der Waals surface area (Å²) in [6, 6.07) is 4.54. The second-order valence-electron chi connectivity index (χ2n) is 4.30. The molecule has 21 heavy (non-hydrogen) atoms. The molecule has 1 aromatic carbocycles. The van der Waals surface area contributed by atoms with E-state index < -0.39 is 4.92 Å². The van der Waals surface area contributed by atoms with E-state index in [2.05, 4.69) is 15.0 Å². The maximum absolute atomic E-state index is 11.1. The van der Waals surface area contributed by atoms with Crippen molar-refractivity contribution in [3.05, 3.63) is 51.6 Å². The van der Waals surface area contributed by atoms with E-state index in [1.165, 1.54) is 24.8 Å². The van der Waals surface area contributed by atoms with Crippen molar-refractivity contribution < 1.29 is 4.92 Å². The normalized spacial score (nSPS) is 10.9. The number of nitro benzene ring substituents is 1. The summed E-state index contributed by atoms with van der Waals surface area (Å²) in [6.07, 6.45) is 2.82. The van der Waals surface area contributed by atoms with Crippen LogP contribution in [0.1, 0.15) is 5.56 Å². The largest absolute Gasteiger partial charge is 0.382 e. The predicted octanol–water partition coefficient (Wildman–Crippen LogP) is 1.97. The number of anilines is 1. The maximum atomic E-state index is 11.1. The van der Waals surface area contributed by atoms with Gasteiger partial charge >= 0.3 is 0 Å². The molecule has 0 unspecified atom stereocenters. The Morgan fingerprint density at radius 1 is 1.33 bits per heavy atom. The summed E-state index contributed by atoms with van der Waals surface area (Å²) in [5, 5.41) is 11.4. The number of rotatable bonds is 3. The zero-order valence-corrected chi connectivity index (χ0v) is 11.4. The van der Waals surface area contributed by atoms with Crippen LogP contribution in [0.2, 0.25) is 5.02 Å². The Morgan fingerprint density at radius 2 is 2.14 bits per heavy atom. The molecule has 3 rings (SSSR count). The molecule has 0 atom stereocenters. The fourth-order valence-electron chi connectivity index (χ4n) is 2.06. The zero-order valence-electron chi connectivity index (χ0n) is 10.6. The molecule has 0 saturated carbocycles. The lowest BCUT2D eigenvalue weighted by Crippen LogP contribution is -2.10. The minimum Gasteiger partial charge on any atom is -0.382 e. The van der Waals surface area contributed by atoms with E-state index in [9.17, 15) is 10.1 Å². The second kappa shape index (κ2) is 4.98. The van der Waals surface area contributed by atoms with Gasteiger partial charge in [-0.3, -0.25) is 10.1 Å². The predicted molar refractivity (Wildman–Crippen MR) is 76.1 cm³/mol. The number of nitrogens with two attached hydrogens (primary N) is 1. The van der Waals surface area contributed by atoms with Crippen LogP contribution in [-0.4, -0.2) is 24.4 Å². The average molecular weight is 305 g/mol. The van der Waals surface area contributed by atoms with Gasteiger partial charge in [0.25, 0.3) is 5.69 Å². The molecule has 0 aliphatic carbocycles. The molecule has 0 bridgehead atoms. The third-order valence-electron chi connectivity index (χ3n) is 3.05. The first-order valence-corrected chi connectivity index (χ1v) is 6.29. The molecule has 0 spiro atoms. The number of hydrogen-bond donors (Lipinski definition) is 1. The lowest BCUT2D eigenvalue weighted by atomic mass is 10.1. The summed E-state index contributed by atoms with van der Waals surface area (Å²) in [4.78, 5) is 22.8.